The van der Waals surface area contributed by atoms with E-state index in [1.807, 2.05) is 26.0 Å². The van der Waals surface area contributed by atoms with Gasteiger partial charge >= 0.3 is 0 Å². The quantitative estimate of drug-likeness (QED) is 0.691. The van der Waals surface area contributed by atoms with E-state index in [4.69, 9.17) is 11.5 Å². The van der Waals surface area contributed by atoms with Crippen LogP contribution in [0.4, 0.5) is 11.4 Å². The second kappa shape index (κ2) is 3.79. The fourth-order valence-electron chi connectivity index (χ4n) is 2.08. The average molecular weight is 219 g/mol. The average Bonchev–Trinajstić information content (AvgIpc) is 2.51. The van der Waals surface area contributed by atoms with Gasteiger partial charge in [0, 0.05) is 30.4 Å². The van der Waals surface area contributed by atoms with Gasteiger partial charge < -0.3 is 16.4 Å². The van der Waals surface area contributed by atoms with Crippen molar-refractivity contribution in [3.63, 3.8) is 0 Å². The maximum atomic E-state index is 11.7. The van der Waals surface area contributed by atoms with Gasteiger partial charge in [0.05, 0.1) is 0 Å². The molecule has 1 aromatic rings. The normalized spacial score (nSPS) is 20.6. The van der Waals surface area contributed by atoms with Crippen molar-refractivity contribution in [3.05, 3.63) is 23.3 Å². The van der Waals surface area contributed by atoms with Crippen molar-refractivity contribution in [1.29, 1.82) is 0 Å². The molecule has 86 valence electrons. The van der Waals surface area contributed by atoms with E-state index in [2.05, 4.69) is 0 Å². The predicted octanol–water partition coefficient (Wildman–Crippen LogP) is 0.950. The van der Waals surface area contributed by atoms with Crippen LogP contribution < -0.4 is 16.4 Å². The molecule has 2 rings (SSSR count). The number of carbonyl (C=O) groups is 1. The fraction of sp³-hybridized carbons (Fsp3) is 0.417. The van der Waals surface area contributed by atoms with Crippen LogP contribution in [0.25, 0.3) is 0 Å². The van der Waals surface area contributed by atoms with Crippen LogP contribution in [0.2, 0.25) is 0 Å². The van der Waals surface area contributed by atoms with Crippen LogP contribution in [0.15, 0.2) is 12.1 Å². The number of aryl methyl sites for hydroxylation is 2. The van der Waals surface area contributed by atoms with Crippen molar-refractivity contribution in [2.45, 2.75) is 26.3 Å². The van der Waals surface area contributed by atoms with Crippen LogP contribution in [0, 0.1) is 13.8 Å². The number of hydrogen-bond acceptors (Lipinski definition) is 3. The van der Waals surface area contributed by atoms with Gasteiger partial charge in [-0.05, 0) is 37.1 Å². The largest absolute Gasteiger partial charge is 0.399 e. The molecule has 4 heteroatoms. The molecule has 16 heavy (non-hydrogen) atoms. The van der Waals surface area contributed by atoms with Gasteiger partial charge in [-0.25, -0.2) is 0 Å². The number of nitrogens with two attached hydrogens (primary N) is 2. The summed E-state index contributed by atoms with van der Waals surface area (Å²) < 4.78 is 0. The van der Waals surface area contributed by atoms with E-state index in [0.717, 1.165) is 22.5 Å². The van der Waals surface area contributed by atoms with E-state index in [9.17, 15) is 4.79 Å². The summed E-state index contributed by atoms with van der Waals surface area (Å²) >= 11 is 0. The Morgan fingerprint density at radius 2 is 2.00 bits per heavy atom. The highest BCUT2D eigenvalue weighted by Gasteiger charge is 2.29. The Hall–Kier alpha value is -1.55. The lowest BCUT2D eigenvalue weighted by molar-refractivity contribution is -0.117. The van der Waals surface area contributed by atoms with E-state index < -0.39 is 0 Å². The molecular weight excluding hydrogens is 202 g/mol. The zero-order valence-corrected chi connectivity index (χ0v) is 9.66. The Morgan fingerprint density at radius 3 is 2.56 bits per heavy atom. The van der Waals surface area contributed by atoms with Gasteiger partial charge in [0.2, 0.25) is 5.91 Å². The third-order valence-corrected chi connectivity index (χ3v) is 3.03. The second-order valence-electron chi connectivity index (χ2n) is 4.46. The molecule has 1 aromatic carbocycles. The summed E-state index contributed by atoms with van der Waals surface area (Å²) in [5.41, 5.74) is 15.3. The molecule has 0 saturated carbocycles. The molecule has 1 aliphatic heterocycles. The standard InChI is InChI=1S/C12H17N3O/c1-7-4-11(8(2)3-10(7)14)15-6-9(13)5-12(15)16/h3-4,9H,5-6,13-14H2,1-2H3. The molecular formula is C12H17N3O. The highest BCUT2D eigenvalue weighted by atomic mass is 16.2. The molecule has 0 bridgehead atoms. The van der Waals surface area contributed by atoms with Gasteiger partial charge in [-0.1, -0.05) is 0 Å². The van der Waals surface area contributed by atoms with Crippen LogP contribution in [-0.2, 0) is 4.79 Å². The van der Waals surface area contributed by atoms with E-state index >= 15 is 0 Å². The first kappa shape index (κ1) is 11.0. The summed E-state index contributed by atoms with van der Waals surface area (Å²) in [5, 5.41) is 0. The molecule has 1 aliphatic rings. The number of carbonyl (C=O) groups excluding carboxylic acids is 1. The third kappa shape index (κ3) is 1.76. The number of hydrogen-bond donors (Lipinski definition) is 2. The lowest BCUT2D eigenvalue weighted by Crippen LogP contribution is -2.28. The van der Waals surface area contributed by atoms with Crippen LogP contribution in [-0.4, -0.2) is 18.5 Å². The molecule has 0 aliphatic carbocycles. The van der Waals surface area contributed by atoms with E-state index in [-0.39, 0.29) is 11.9 Å². The molecule has 1 heterocycles. The zero-order valence-electron chi connectivity index (χ0n) is 9.66. The Labute approximate surface area is 95.2 Å². The molecule has 0 spiro atoms. The molecule has 4 nitrogen and oxygen atoms in total. The smallest absolute Gasteiger partial charge is 0.228 e. The van der Waals surface area contributed by atoms with Crippen molar-refractivity contribution in [1.82, 2.24) is 0 Å². The number of anilines is 2. The molecule has 4 N–H and O–H groups in total. The second-order valence-corrected chi connectivity index (χ2v) is 4.46. The van der Waals surface area contributed by atoms with Crippen molar-refractivity contribution in [3.8, 4) is 0 Å². The maximum Gasteiger partial charge on any atom is 0.228 e. The van der Waals surface area contributed by atoms with Crippen LogP contribution in [0.3, 0.4) is 0 Å². The number of benzene rings is 1. The van der Waals surface area contributed by atoms with Gasteiger partial charge in [0.25, 0.3) is 0 Å². The first-order valence-electron chi connectivity index (χ1n) is 5.41. The van der Waals surface area contributed by atoms with E-state index in [0.29, 0.717) is 13.0 Å². The van der Waals surface area contributed by atoms with Gasteiger partial charge in [-0.15, -0.1) is 0 Å². The van der Waals surface area contributed by atoms with E-state index in [1.165, 1.54) is 0 Å². The summed E-state index contributed by atoms with van der Waals surface area (Å²) in [6.45, 7) is 4.50. The summed E-state index contributed by atoms with van der Waals surface area (Å²) in [7, 11) is 0. The molecule has 1 fully saturated rings. The molecule has 0 aromatic heterocycles. The molecule has 0 radical (unpaired) electrons. The number of nitrogens with zero attached hydrogens (tertiary/aromatic N) is 1. The lowest BCUT2D eigenvalue weighted by Gasteiger charge is -2.20. The van der Waals surface area contributed by atoms with Crippen molar-refractivity contribution in [2.75, 3.05) is 17.2 Å². The van der Waals surface area contributed by atoms with Crippen molar-refractivity contribution >= 4 is 17.3 Å². The summed E-state index contributed by atoms with van der Waals surface area (Å²) in [4.78, 5) is 13.5. The highest BCUT2D eigenvalue weighted by Crippen LogP contribution is 2.28. The Kier molecular flexibility index (Phi) is 2.59. The predicted molar refractivity (Wildman–Crippen MR) is 65.3 cm³/mol. The topological polar surface area (TPSA) is 72.3 Å². The summed E-state index contributed by atoms with van der Waals surface area (Å²) in [6.07, 6.45) is 0.433. The van der Waals surface area contributed by atoms with Gasteiger partial charge in [-0.3, -0.25) is 4.79 Å². The SMILES string of the molecule is Cc1cc(N2CC(N)CC2=O)c(C)cc1N. The first-order chi connectivity index (χ1) is 7.49. The number of amides is 1. The monoisotopic (exact) mass is 219 g/mol. The number of nitrogen functional groups attached to an aromatic ring is 1. The minimum Gasteiger partial charge on any atom is -0.399 e. The van der Waals surface area contributed by atoms with Crippen molar-refractivity contribution < 1.29 is 4.79 Å². The zero-order chi connectivity index (χ0) is 11.9. The van der Waals surface area contributed by atoms with Crippen LogP contribution >= 0.6 is 0 Å². The molecule has 1 atom stereocenters. The van der Waals surface area contributed by atoms with Crippen molar-refractivity contribution in [2.24, 2.45) is 5.73 Å². The number of rotatable bonds is 1. The van der Waals surface area contributed by atoms with E-state index in [1.54, 1.807) is 4.90 Å². The summed E-state index contributed by atoms with van der Waals surface area (Å²) in [6, 6.07) is 3.81. The molecule has 1 unspecified atom stereocenters. The first-order valence-corrected chi connectivity index (χ1v) is 5.41. The molecule has 1 saturated heterocycles. The van der Waals surface area contributed by atoms with Gasteiger partial charge in [0.1, 0.15) is 0 Å². The minimum atomic E-state index is -0.0511. The van der Waals surface area contributed by atoms with Crippen LogP contribution in [0.1, 0.15) is 17.5 Å². The van der Waals surface area contributed by atoms with Gasteiger partial charge in [0.15, 0.2) is 0 Å². The Bertz CT molecular complexity index is 442. The lowest BCUT2D eigenvalue weighted by atomic mass is 10.1. The Morgan fingerprint density at radius 1 is 1.31 bits per heavy atom. The summed E-state index contributed by atoms with van der Waals surface area (Å²) in [5.74, 6) is 0.0970. The highest BCUT2D eigenvalue weighted by molar-refractivity contribution is 5.97. The van der Waals surface area contributed by atoms with Gasteiger partial charge in [-0.2, -0.15) is 0 Å². The Balaban J connectivity index is 2.41. The third-order valence-electron chi connectivity index (χ3n) is 3.03. The minimum absolute atomic E-state index is 0.0511. The molecule has 1 amide bonds. The fourth-order valence-corrected chi connectivity index (χ4v) is 2.08. The maximum absolute atomic E-state index is 11.7. The van der Waals surface area contributed by atoms with Crippen LogP contribution in [0.5, 0.6) is 0 Å².